The lowest BCUT2D eigenvalue weighted by atomic mass is 9.77. The van der Waals surface area contributed by atoms with Crippen LogP contribution in [0.2, 0.25) is 0 Å². The molecule has 2 fully saturated rings. The van der Waals surface area contributed by atoms with Gasteiger partial charge in [-0.1, -0.05) is 18.2 Å². The lowest BCUT2D eigenvalue weighted by Gasteiger charge is -2.26. The number of nitrogens with zero attached hydrogens (tertiary/aromatic N) is 1. The van der Waals surface area contributed by atoms with Gasteiger partial charge in [-0.15, -0.1) is 0 Å². The zero-order chi connectivity index (χ0) is 15.5. The maximum atomic E-state index is 12.8. The van der Waals surface area contributed by atoms with E-state index >= 15 is 0 Å². The second-order valence-electron chi connectivity index (χ2n) is 5.77. The molecule has 0 unspecified atom stereocenters. The quantitative estimate of drug-likeness (QED) is 0.650. The fourth-order valence-electron chi connectivity index (χ4n) is 3.69. The molecule has 2 amide bonds. The van der Waals surface area contributed by atoms with Gasteiger partial charge < -0.3 is 14.6 Å². The molecule has 4 rings (SSSR count). The van der Waals surface area contributed by atoms with E-state index in [1.807, 2.05) is 0 Å². The number of imide groups is 1. The van der Waals surface area contributed by atoms with Crippen LogP contribution in [-0.2, 0) is 14.3 Å². The van der Waals surface area contributed by atoms with E-state index in [4.69, 9.17) is 9.47 Å². The van der Waals surface area contributed by atoms with Gasteiger partial charge in [0.2, 0.25) is 11.8 Å². The number of fused-ring (bicyclic) bond motifs is 5. The number of amides is 2. The van der Waals surface area contributed by atoms with E-state index in [9.17, 15) is 14.7 Å². The highest BCUT2D eigenvalue weighted by atomic mass is 16.5. The molecule has 1 aromatic rings. The Morgan fingerprint density at radius 2 is 2.18 bits per heavy atom. The Hall–Kier alpha value is -2.18. The molecule has 1 N–H and O–H groups in total. The minimum absolute atomic E-state index is 0.284. The Morgan fingerprint density at radius 3 is 2.91 bits per heavy atom. The van der Waals surface area contributed by atoms with Crippen molar-refractivity contribution in [2.75, 3.05) is 18.6 Å². The number of carbonyl (C=O) groups excluding carboxylic acids is 2. The highest BCUT2D eigenvalue weighted by Gasteiger charge is 2.67. The van der Waals surface area contributed by atoms with Crippen LogP contribution in [0.25, 0.3) is 0 Å². The van der Waals surface area contributed by atoms with E-state index in [2.05, 4.69) is 0 Å². The number of methoxy groups -OCH3 is 1. The Kier molecular flexibility index (Phi) is 2.70. The van der Waals surface area contributed by atoms with E-state index < -0.39 is 23.5 Å². The minimum Gasteiger partial charge on any atom is -0.497 e. The molecule has 3 aliphatic rings. The summed E-state index contributed by atoms with van der Waals surface area (Å²) in [6.07, 6.45) is 3.03. The lowest BCUT2D eigenvalue weighted by molar-refractivity contribution is -0.128. The molecular formula is C16H15NO5. The Balaban J connectivity index is 1.76. The third-order valence-electron chi connectivity index (χ3n) is 4.71. The fraction of sp³-hybridized carbons (Fsp3) is 0.375. The van der Waals surface area contributed by atoms with Crippen molar-refractivity contribution in [3.8, 4) is 5.75 Å². The van der Waals surface area contributed by atoms with Gasteiger partial charge >= 0.3 is 0 Å². The van der Waals surface area contributed by atoms with Gasteiger partial charge in [0.05, 0.1) is 37.3 Å². The van der Waals surface area contributed by atoms with Gasteiger partial charge in [0.1, 0.15) is 11.4 Å². The number of hydrogen-bond acceptors (Lipinski definition) is 5. The Labute approximate surface area is 126 Å². The Bertz CT molecular complexity index is 700. The molecule has 114 valence electrons. The monoisotopic (exact) mass is 301 g/mol. The van der Waals surface area contributed by atoms with Crippen molar-refractivity contribution in [2.45, 2.75) is 11.7 Å². The lowest BCUT2D eigenvalue weighted by Crippen LogP contribution is -2.43. The molecule has 6 heteroatoms. The van der Waals surface area contributed by atoms with Gasteiger partial charge in [-0.3, -0.25) is 9.59 Å². The van der Waals surface area contributed by atoms with Crippen LogP contribution in [-0.4, -0.2) is 42.3 Å². The first kappa shape index (κ1) is 13.5. The SMILES string of the molecule is COc1cccc(N2C(=O)[C@@H]3[C@@H](C2=O)[C@@]2(CO)C=C[C@H]3O2)c1. The summed E-state index contributed by atoms with van der Waals surface area (Å²) >= 11 is 0. The van der Waals surface area contributed by atoms with Gasteiger partial charge in [0, 0.05) is 6.07 Å². The van der Waals surface area contributed by atoms with Crippen LogP contribution in [0.3, 0.4) is 0 Å². The van der Waals surface area contributed by atoms with Gasteiger partial charge in [-0.25, -0.2) is 4.90 Å². The van der Waals surface area contributed by atoms with Gasteiger partial charge in [0.25, 0.3) is 0 Å². The number of anilines is 1. The molecule has 4 atom stereocenters. The molecule has 3 aliphatic heterocycles. The van der Waals surface area contributed by atoms with E-state index in [-0.39, 0.29) is 18.4 Å². The molecule has 1 aromatic carbocycles. The number of hydrogen-bond donors (Lipinski definition) is 1. The summed E-state index contributed by atoms with van der Waals surface area (Å²) in [7, 11) is 1.53. The van der Waals surface area contributed by atoms with Crippen molar-refractivity contribution in [1.29, 1.82) is 0 Å². The second kappa shape index (κ2) is 4.41. The molecule has 0 radical (unpaired) electrons. The molecule has 2 bridgehead atoms. The van der Waals surface area contributed by atoms with E-state index in [1.54, 1.807) is 36.4 Å². The van der Waals surface area contributed by atoms with Crippen LogP contribution < -0.4 is 9.64 Å². The maximum Gasteiger partial charge on any atom is 0.241 e. The van der Waals surface area contributed by atoms with Gasteiger partial charge in [0.15, 0.2) is 0 Å². The molecular weight excluding hydrogens is 286 g/mol. The van der Waals surface area contributed by atoms with Crippen LogP contribution >= 0.6 is 0 Å². The average Bonchev–Trinajstić information content (AvgIpc) is 3.18. The summed E-state index contributed by atoms with van der Waals surface area (Å²) in [6.45, 7) is -0.313. The zero-order valence-electron chi connectivity index (χ0n) is 11.9. The van der Waals surface area contributed by atoms with Crippen molar-refractivity contribution < 1.29 is 24.2 Å². The van der Waals surface area contributed by atoms with Crippen LogP contribution in [0.1, 0.15) is 0 Å². The predicted octanol–water partition coefficient (Wildman–Crippen LogP) is 0.500. The standard InChI is InChI=1S/C16H15NO5/c1-21-10-4-2-3-9(7-10)17-14(19)12-11-5-6-16(8-18,22-11)13(12)15(17)20/h2-7,11-13,18H,8H2,1H3/t11-,12+,13+,16+/m1/s1. The summed E-state index contributed by atoms with van der Waals surface area (Å²) in [5, 5.41) is 9.66. The van der Waals surface area contributed by atoms with E-state index in [0.29, 0.717) is 11.4 Å². The normalized spacial score (nSPS) is 35.4. The Morgan fingerprint density at radius 1 is 1.36 bits per heavy atom. The summed E-state index contributed by atoms with van der Waals surface area (Å²) in [4.78, 5) is 26.7. The third kappa shape index (κ3) is 1.51. The van der Waals surface area contributed by atoms with Crippen molar-refractivity contribution in [3.63, 3.8) is 0 Å². The highest BCUT2D eigenvalue weighted by Crippen LogP contribution is 2.52. The van der Waals surface area contributed by atoms with Crippen LogP contribution in [0.5, 0.6) is 5.75 Å². The first-order valence-electron chi connectivity index (χ1n) is 7.11. The summed E-state index contributed by atoms with van der Waals surface area (Å²) in [5.74, 6) is -1.26. The molecule has 0 saturated carbocycles. The number of aliphatic hydroxyl groups excluding tert-OH is 1. The first-order valence-corrected chi connectivity index (χ1v) is 7.11. The van der Waals surface area contributed by atoms with Crippen molar-refractivity contribution >= 4 is 17.5 Å². The molecule has 6 nitrogen and oxygen atoms in total. The largest absolute Gasteiger partial charge is 0.497 e. The minimum atomic E-state index is -1.06. The van der Waals surface area contributed by atoms with Crippen LogP contribution in [0.15, 0.2) is 36.4 Å². The van der Waals surface area contributed by atoms with Crippen LogP contribution in [0, 0.1) is 11.8 Å². The molecule has 0 spiro atoms. The number of ether oxygens (including phenoxy) is 2. The maximum absolute atomic E-state index is 12.8. The topological polar surface area (TPSA) is 76.1 Å². The molecule has 2 saturated heterocycles. The summed E-state index contributed by atoms with van der Waals surface area (Å²) in [6, 6.07) is 6.83. The smallest absolute Gasteiger partial charge is 0.241 e. The second-order valence-corrected chi connectivity index (χ2v) is 5.77. The average molecular weight is 301 g/mol. The van der Waals surface area contributed by atoms with Crippen molar-refractivity contribution in [1.82, 2.24) is 0 Å². The van der Waals surface area contributed by atoms with E-state index in [1.165, 1.54) is 12.0 Å². The zero-order valence-corrected chi connectivity index (χ0v) is 11.9. The molecule has 0 aromatic heterocycles. The number of rotatable bonds is 3. The van der Waals surface area contributed by atoms with Gasteiger partial charge in [-0.05, 0) is 12.1 Å². The number of benzene rings is 1. The summed E-state index contributed by atoms with van der Waals surface area (Å²) in [5.41, 5.74) is -0.577. The summed E-state index contributed by atoms with van der Waals surface area (Å²) < 4.78 is 10.8. The van der Waals surface area contributed by atoms with Gasteiger partial charge in [-0.2, -0.15) is 0 Å². The van der Waals surface area contributed by atoms with E-state index in [0.717, 1.165) is 0 Å². The third-order valence-corrected chi connectivity index (χ3v) is 4.71. The fourth-order valence-corrected chi connectivity index (χ4v) is 3.69. The highest BCUT2D eigenvalue weighted by molar-refractivity contribution is 6.23. The first-order chi connectivity index (χ1) is 10.6. The predicted molar refractivity (Wildman–Crippen MR) is 76.3 cm³/mol. The number of aliphatic hydroxyl groups is 1. The molecule has 3 heterocycles. The molecule has 0 aliphatic carbocycles. The van der Waals surface area contributed by atoms with Crippen molar-refractivity contribution in [2.24, 2.45) is 11.8 Å². The van der Waals surface area contributed by atoms with Crippen LogP contribution in [0.4, 0.5) is 5.69 Å². The molecule has 22 heavy (non-hydrogen) atoms. The number of carbonyl (C=O) groups is 2. The van der Waals surface area contributed by atoms with Crippen molar-refractivity contribution in [3.05, 3.63) is 36.4 Å².